The molecule has 0 aliphatic heterocycles. The molecule has 0 aliphatic rings. The molecule has 0 radical (unpaired) electrons. The number of hydrogen-bond acceptors (Lipinski definition) is 3. The standard InChI is InChI=1S/C15H14O2S/c1-17-14-9-7-13(8-10-14)15(16)18-11-12-5-3-2-4-6-12/h2-10H,11H2,1H3. The van der Waals surface area contributed by atoms with Crippen molar-refractivity contribution >= 4 is 16.9 Å². The second-order valence-corrected chi connectivity index (χ2v) is 4.74. The Balaban J connectivity index is 1.95. The van der Waals surface area contributed by atoms with Crippen molar-refractivity contribution in [2.24, 2.45) is 0 Å². The van der Waals surface area contributed by atoms with E-state index in [4.69, 9.17) is 4.74 Å². The van der Waals surface area contributed by atoms with Gasteiger partial charge in [0.2, 0.25) is 5.12 Å². The van der Waals surface area contributed by atoms with Crippen LogP contribution in [0.1, 0.15) is 15.9 Å². The van der Waals surface area contributed by atoms with E-state index in [1.54, 1.807) is 31.4 Å². The van der Waals surface area contributed by atoms with E-state index in [1.165, 1.54) is 11.8 Å². The van der Waals surface area contributed by atoms with Crippen LogP contribution >= 0.6 is 11.8 Å². The number of ether oxygens (including phenoxy) is 1. The maximum Gasteiger partial charge on any atom is 0.219 e. The molecule has 0 heterocycles. The van der Waals surface area contributed by atoms with Gasteiger partial charge in [0.25, 0.3) is 0 Å². The molecular formula is C15H14O2S. The Morgan fingerprint density at radius 3 is 2.33 bits per heavy atom. The van der Waals surface area contributed by atoms with Crippen molar-refractivity contribution in [2.75, 3.05) is 7.11 Å². The first kappa shape index (κ1) is 12.7. The molecule has 0 saturated heterocycles. The molecule has 0 amide bonds. The lowest BCUT2D eigenvalue weighted by atomic mass is 10.2. The molecule has 0 unspecified atom stereocenters. The molecule has 0 spiro atoms. The molecule has 0 bridgehead atoms. The van der Waals surface area contributed by atoms with E-state index in [0.29, 0.717) is 11.3 Å². The Morgan fingerprint density at radius 1 is 1.06 bits per heavy atom. The lowest BCUT2D eigenvalue weighted by Crippen LogP contribution is -1.94. The summed E-state index contributed by atoms with van der Waals surface area (Å²) in [6.07, 6.45) is 0. The average molecular weight is 258 g/mol. The highest BCUT2D eigenvalue weighted by molar-refractivity contribution is 8.13. The van der Waals surface area contributed by atoms with E-state index in [0.717, 1.165) is 11.3 Å². The van der Waals surface area contributed by atoms with Crippen LogP contribution in [-0.2, 0) is 5.75 Å². The molecule has 0 N–H and O–H groups in total. The fourth-order valence-corrected chi connectivity index (χ4v) is 2.33. The van der Waals surface area contributed by atoms with Crippen LogP contribution in [-0.4, -0.2) is 12.2 Å². The Morgan fingerprint density at radius 2 is 1.72 bits per heavy atom. The van der Waals surface area contributed by atoms with Crippen LogP contribution in [0.5, 0.6) is 5.75 Å². The van der Waals surface area contributed by atoms with Gasteiger partial charge in [0, 0.05) is 11.3 Å². The summed E-state index contributed by atoms with van der Waals surface area (Å²) in [4.78, 5) is 11.9. The van der Waals surface area contributed by atoms with E-state index >= 15 is 0 Å². The van der Waals surface area contributed by atoms with Crippen molar-refractivity contribution in [3.8, 4) is 5.75 Å². The minimum Gasteiger partial charge on any atom is -0.497 e. The van der Waals surface area contributed by atoms with Gasteiger partial charge >= 0.3 is 0 Å². The van der Waals surface area contributed by atoms with Gasteiger partial charge in [-0.2, -0.15) is 0 Å². The topological polar surface area (TPSA) is 26.3 Å². The summed E-state index contributed by atoms with van der Waals surface area (Å²) in [6, 6.07) is 17.2. The maximum atomic E-state index is 11.9. The quantitative estimate of drug-likeness (QED) is 0.835. The van der Waals surface area contributed by atoms with Crippen LogP contribution < -0.4 is 4.74 Å². The van der Waals surface area contributed by atoms with Gasteiger partial charge in [-0.1, -0.05) is 42.1 Å². The molecule has 0 aliphatic carbocycles. The summed E-state index contributed by atoms with van der Waals surface area (Å²) in [6.45, 7) is 0. The smallest absolute Gasteiger partial charge is 0.219 e. The number of methoxy groups -OCH3 is 1. The molecule has 2 nitrogen and oxygen atoms in total. The van der Waals surface area contributed by atoms with E-state index in [2.05, 4.69) is 0 Å². The van der Waals surface area contributed by atoms with Gasteiger partial charge < -0.3 is 4.74 Å². The molecule has 92 valence electrons. The fraction of sp³-hybridized carbons (Fsp3) is 0.133. The highest BCUT2D eigenvalue weighted by Gasteiger charge is 2.06. The Labute approximate surface area is 111 Å². The minimum absolute atomic E-state index is 0.0847. The predicted molar refractivity (Wildman–Crippen MR) is 75.1 cm³/mol. The second kappa shape index (κ2) is 6.26. The van der Waals surface area contributed by atoms with Gasteiger partial charge in [-0.05, 0) is 29.8 Å². The maximum absolute atomic E-state index is 11.9. The lowest BCUT2D eigenvalue weighted by Gasteiger charge is -2.03. The molecule has 0 saturated carbocycles. The van der Waals surface area contributed by atoms with Crippen molar-refractivity contribution in [1.82, 2.24) is 0 Å². The molecular weight excluding hydrogens is 244 g/mol. The van der Waals surface area contributed by atoms with Crippen molar-refractivity contribution in [3.05, 3.63) is 65.7 Å². The molecule has 2 aromatic carbocycles. The third kappa shape index (κ3) is 3.37. The number of benzene rings is 2. The van der Waals surface area contributed by atoms with E-state index in [-0.39, 0.29) is 5.12 Å². The first-order valence-electron chi connectivity index (χ1n) is 5.64. The lowest BCUT2D eigenvalue weighted by molar-refractivity contribution is 0.108. The summed E-state index contributed by atoms with van der Waals surface area (Å²) in [5, 5.41) is 0.0847. The summed E-state index contributed by atoms with van der Waals surface area (Å²) >= 11 is 1.32. The normalized spacial score (nSPS) is 10.1. The number of carbonyl (C=O) groups is 1. The van der Waals surface area contributed by atoms with Crippen LogP contribution in [0.3, 0.4) is 0 Å². The average Bonchev–Trinajstić information content (AvgIpc) is 2.46. The molecule has 0 atom stereocenters. The number of hydrogen-bond donors (Lipinski definition) is 0. The van der Waals surface area contributed by atoms with Crippen LogP contribution in [0.4, 0.5) is 0 Å². The third-order valence-corrected chi connectivity index (χ3v) is 3.51. The zero-order valence-electron chi connectivity index (χ0n) is 10.1. The van der Waals surface area contributed by atoms with Gasteiger partial charge in [-0.25, -0.2) is 0 Å². The first-order valence-corrected chi connectivity index (χ1v) is 6.63. The summed E-state index contributed by atoms with van der Waals surface area (Å²) < 4.78 is 5.06. The molecule has 2 rings (SSSR count). The van der Waals surface area contributed by atoms with Gasteiger partial charge in [-0.3, -0.25) is 4.79 Å². The first-order chi connectivity index (χ1) is 8.79. The van der Waals surface area contributed by atoms with Crippen LogP contribution in [0, 0.1) is 0 Å². The monoisotopic (exact) mass is 258 g/mol. The summed E-state index contributed by atoms with van der Waals surface area (Å²) in [5.74, 6) is 1.46. The van der Waals surface area contributed by atoms with Crippen LogP contribution in [0.2, 0.25) is 0 Å². The highest BCUT2D eigenvalue weighted by atomic mass is 32.2. The molecule has 0 aromatic heterocycles. The van der Waals surface area contributed by atoms with Gasteiger partial charge in [0.15, 0.2) is 0 Å². The van der Waals surface area contributed by atoms with Gasteiger partial charge in [-0.15, -0.1) is 0 Å². The van der Waals surface area contributed by atoms with Crippen molar-refractivity contribution in [2.45, 2.75) is 5.75 Å². The van der Waals surface area contributed by atoms with Crippen LogP contribution in [0.15, 0.2) is 54.6 Å². The van der Waals surface area contributed by atoms with Gasteiger partial charge in [0.1, 0.15) is 5.75 Å². The molecule has 0 fully saturated rings. The fourth-order valence-electron chi connectivity index (χ4n) is 1.53. The van der Waals surface area contributed by atoms with E-state index < -0.39 is 0 Å². The zero-order chi connectivity index (χ0) is 12.8. The van der Waals surface area contributed by atoms with Crippen LogP contribution in [0.25, 0.3) is 0 Å². The van der Waals surface area contributed by atoms with Gasteiger partial charge in [0.05, 0.1) is 7.11 Å². The summed E-state index contributed by atoms with van der Waals surface area (Å²) in [7, 11) is 1.61. The van der Waals surface area contributed by atoms with E-state index in [9.17, 15) is 4.79 Å². The Kier molecular flexibility index (Phi) is 4.42. The van der Waals surface area contributed by atoms with Crippen molar-refractivity contribution in [1.29, 1.82) is 0 Å². The van der Waals surface area contributed by atoms with E-state index in [1.807, 2.05) is 30.3 Å². The molecule has 18 heavy (non-hydrogen) atoms. The van der Waals surface area contributed by atoms with Crippen molar-refractivity contribution < 1.29 is 9.53 Å². The highest BCUT2D eigenvalue weighted by Crippen LogP contribution is 2.19. The minimum atomic E-state index is 0.0847. The second-order valence-electron chi connectivity index (χ2n) is 3.79. The summed E-state index contributed by atoms with van der Waals surface area (Å²) in [5.41, 5.74) is 1.86. The number of thioether (sulfide) groups is 1. The third-order valence-electron chi connectivity index (χ3n) is 2.54. The Bertz CT molecular complexity index is 506. The zero-order valence-corrected chi connectivity index (χ0v) is 10.9. The Hall–Kier alpha value is -1.74. The molecule has 2 aromatic rings. The number of carbonyl (C=O) groups excluding carboxylic acids is 1. The molecule has 3 heteroatoms. The van der Waals surface area contributed by atoms with Crippen molar-refractivity contribution in [3.63, 3.8) is 0 Å². The predicted octanol–water partition coefficient (Wildman–Crippen LogP) is 3.77. The largest absolute Gasteiger partial charge is 0.497 e. The number of rotatable bonds is 4. The SMILES string of the molecule is COc1ccc(C(=O)SCc2ccccc2)cc1.